The number of nitrogens with two attached hydrogens (primary N) is 1. The van der Waals surface area contributed by atoms with E-state index in [4.69, 9.17) is 10.5 Å². The molecule has 108 valence electrons. The van der Waals surface area contributed by atoms with Gasteiger partial charge in [-0.25, -0.2) is 0 Å². The summed E-state index contributed by atoms with van der Waals surface area (Å²) < 4.78 is 7.27. The molecule has 1 aromatic carbocycles. The van der Waals surface area contributed by atoms with E-state index in [2.05, 4.69) is 25.0 Å². The van der Waals surface area contributed by atoms with Crippen molar-refractivity contribution in [2.24, 2.45) is 5.73 Å². The highest BCUT2D eigenvalue weighted by Crippen LogP contribution is 2.19. The normalized spacial score (nSPS) is 12.4. The molecule has 1 aromatic heterocycles. The first kappa shape index (κ1) is 14.6. The van der Waals surface area contributed by atoms with Crippen LogP contribution in [0.5, 0.6) is 5.75 Å². The number of ether oxygens (including phenoxy) is 1. The van der Waals surface area contributed by atoms with Gasteiger partial charge in [0, 0.05) is 11.7 Å². The summed E-state index contributed by atoms with van der Waals surface area (Å²) in [6.07, 6.45) is 1.92. The summed E-state index contributed by atoms with van der Waals surface area (Å²) in [7, 11) is 1.67. The van der Waals surface area contributed by atoms with Gasteiger partial charge in [-0.05, 0) is 36.6 Å². The Balaban J connectivity index is 2.18. The number of benzene rings is 1. The molecule has 0 saturated carbocycles. The van der Waals surface area contributed by atoms with Crippen molar-refractivity contribution in [2.75, 3.05) is 7.11 Å². The van der Waals surface area contributed by atoms with Crippen LogP contribution in [0.25, 0.3) is 0 Å². The van der Waals surface area contributed by atoms with Gasteiger partial charge in [0.15, 0.2) is 0 Å². The van der Waals surface area contributed by atoms with Crippen molar-refractivity contribution in [3.8, 4) is 5.75 Å². The van der Waals surface area contributed by atoms with E-state index in [9.17, 15) is 0 Å². The minimum absolute atomic E-state index is 0.0833. The largest absolute Gasteiger partial charge is 0.497 e. The molecule has 0 spiro atoms. The van der Waals surface area contributed by atoms with Crippen LogP contribution in [-0.2, 0) is 19.4 Å². The molecule has 4 heteroatoms. The molecule has 2 aromatic rings. The fraction of sp³-hybridized carbons (Fsp3) is 0.438. The maximum absolute atomic E-state index is 6.31. The number of nitrogens with zero attached hydrogens (tertiary/aromatic N) is 2. The zero-order chi connectivity index (χ0) is 14.5. The summed E-state index contributed by atoms with van der Waals surface area (Å²) in [5.74, 6) is 0.836. The standard InChI is InChI=1S/C16H23N3O/c1-4-13-10-14(5-2)19(18-13)11-16(17)12-7-6-8-15(9-12)20-3/h6-10,16H,4-5,11,17H2,1-3H3. The molecular weight excluding hydrogens is 250 g/mol. The summed E-state index contributed by atoms with van der Waals surface area (Å²) in [4.78, 5) is 0. The van der Waals surface area contributed by atoms with Gasteiger partial charge in [0.05, 0.1) is 19.3 Å². The van der Waals surface area contributed by atoms with Crippen molar-refractivity contribution in [3.63, 3.8) is 0 Å². The van der Waals surface area contributed by atoms with Crippen LogP contribution in [0.2, 0.25) is 0 Å². The Kier molecular flexibility index (Phi) is 4.79. The van der Waals surface area contributed by atoms with Gasteiger partial charge >= 0.3 is 0 Å². The van der Waals surface area contributed by atoms with Crippen molar-refractivity contribution in [2.45, 2.75) is 39.3 Å². The van der Waals surface area contributed by atoms with Gasteiger partial charge in [-0.2, -0.15) is 5.10 Å². The quantitative estimate of drug-likeness (QED) is 0.880. The third kappa shape index (κ3) is 3.20. The number of hydrogen-bond donors (Lipinski definition) is 1. The Morgan fingerprint density at radius 3 is 2.70 bits per heavy atom. The van der Waals surface area contributed by atoms with Crippen LogP contribution < -0.4 is 10.5 Å². The summed E-state index contributed by atoms with van der Waals surface area (Å²) in [5, 5.41) is 4.61. The highest BCUT2D eigenvalue weighted by molar-refractivity contribution is 5.30. The van der Waals surface area contributed by atoms with E-state index in [-0.39, 0.29) is 6.04 Å². The van der Waals surface area contributed by atoms with E-state index in [1.807, 2.05) is 28.9 Å². The summed E-state index contributed by atoms with van der Waals surface area (Å²) in [6, 6.07) is 9.99. The first-order chi connectivity index (χ1) is 9.67. The van der Waals surface area contributed by atoms with E-state index in [0.717, 1.165) is 29.8 Å². The molecular formula is C16H23N3O. The minimum atomic E-state index is -0.0833. The molecule has 0 aliphatic carbocycles. The predicted molar refractivity (Wildman–Crippen MR) is 80.9 cm³/mol. The molecule has 1 atom stereocenters. The van der Waals surface area contributed by atoms with Crippen molar-refractivity contribution in [3.05, 3.63) is 47.3 Å². The Morgan fingerprint density at radius 2 is 2.05 bits per heavy atom. The number of rotatable bonds is 6. The first-order valence-electron chi connectivity index (χ1n) is 7.13. The Hall–Kier alpha value is -1.81. The molecule has 0 amide bonds. The van der Waals surface area contributed by atoms with Crippen LogP contribution in [0, 0.1) is 0 Å². The number of hydrogen-bond acceptors (Lipinski definition) is 3. The average molecular weight is 273 g/mol. The molecule has 0 fully saturated rings. The molecule has 0 saturated heterocycles. The van der Waals surface area contributed by atoms with Gasteiger partial charge in [-0.15, -0.1) is 0 Å². The lowest BCUT2D eigenvalue weighted by Crippen LogP contribution is -2.19. The van der Waals surface area contributed by atoms with E-state index in [0.29, 0.717) is 6.54 Å². The minimum Gasteiger partial charge on any atom is -0.497 e. The molecule has 0 aliphatic heterocycles. The SMILES string of the molecule is CCc1cc(CC)n(CC(N)c2cccc(OC)c2)n1. The van der Waals surface area contributed by atoms with E-state index in [1.54, 1.807) is 7.11 Å². The van der Waals surface area contributed by atoms with Crippen molar-refractivity contribution in [1.82, 2.24) is 9.78 Å². The smallest absolute Gasteiger partial charge is 0.119 e. The Morgan fingerprint density at radius 1 is 1.25 bits per heavy atom. The van der Waals surface area contributed by atoms with Crippen LogP contribution in [-0.4, -0.2) is 16.9 Å². The molecule has 0 bridgehead atoms. The highest BCUT2D eigenvalue weighted by Gasteiger charge is 2.12. The van der Waals surface area contributed by atoms with Gasteiger partial charge in [-0.1, -0.05) is 26.0 Å². The third-order valence-corrected chi connectivity index (χ3v) is 3.53. The van der Waals surface area contributed by atoms with Crippen LogP contribution >= 0.6 is 0 Å². The number of aromatic nitrogens is 2. The summed E-state index contributed by atoms with van der Waals surface area (Å²) in [5.41, 5.74) is 9.74. The monoisotopic (exact) mass is 273 g/mol. The number of methoxy groups -OCH3 is 1. The summed E-state index contributed by atoms with van der Waals surface area (Å²) in [6.45, 7) is 4.95. The third-order valence-electron chi connectivity index (χ3n) is 3.53. The maximum Gasteiger partial charge on any atom is 0.119 e. The van der Waals surface area contributed by atoms with Crippen molar-refractivity contribution < 1.29 is 4.74 Å². The van der Waals surface area contributed by atoms with Gasteiger partial charge in [0.25, 0.3) is 0 Å². The van der Waals surface area contributed by atoms with Gasteiger partial charge < -0.3 is 10.5 Å². The van der Waals surface area contributed by atoms with Crippen molar-refractivity contribution >= 4 is 0 Å². The van der Waals surface area contributed by atoms with Gasteiger partial charge in [0.1, 0.15) is 5.75 Å². The topological polar surface area (TPSA) is 53.1 Å². The van der Waals surface area contributed by atoms with Crippen LogP contribution in [0.15, 0.2) is 30.3 Å². The van der Waals surface area contributed by atoms with Crippen LogP contribution in [0.4, 0.5) is 0 Å². The average Bonchev–Trinajstić information content (AvgIpc) is 2.89. The molecule has 1 unspecified atom stereocenters. The fourth-order valence-corrected chi connectivity index (χ4v) is 2.29. The second-order valence-electron chi connectivity index (χ2n) is 4.90. The van der Waals surface area contributed by atoms with Crippen LogP contribution in [0.3, 0.4) is 0 Å². The molecule has 20 heavy (non-hydrogen) atoms. The lowest BCUT2D eigenvalue weighted by molar-refractivity contribution is 0.413. The van der Waals surface area contributed by atoms with E-state index < -0.39 is 0 Å². The molecule has 2 rings (SSSR count). The lowest BCUT2D eigenvalue weighted by atomic mass is 10.1. The zero-order valence-corrected chi connectivity index (χ0v) is 12.5. The second kappa shape index (κ2) is 6.57. The van der Waals surface area contributed by atoms with Gasteiger partial charge in [0.2, 0.25) is 0 Å². The highest BCUT2D eigenvalue weighted by atomic mass is 16.5. The Labute approximate surface area is 120 Å². The van der Waals surface area contributed by atoms with Crippen molar-refractivity contribution in [1.29, 1.82) is 0 Å². The first-order valence-corrected chi connectivity index (χ1v) is 7.13. The summed E-state index contributed by atoms with van der Waals surface area (Å²) >= 11 is 0. The molecule has 0 aliphatic rings. The fourth-order valence-electron chi connectivity index (χ4n) is 2.29. The second-order valence-corrected chi connectivity index (χ2v) is 4.90. The van der Waals surface area contributed by atoms with E-state index in [1.165, 1.54) is 5.69 Å². The van der Waals surface area contributed by atoms with Gasteiger partial charge in [-0.3, -0.25) is 4.68 Å². The van der Waals surface area contributed by atoms with E-state index >= 15 is 0 Å². The lowest BCUT2D eigenvalue weighted by Gasteiger charge is -2.15. The zero-order valence-electron chi connectivity index (χ0n) is 12.5. The molecule has 4 nitrogen and oxygen atoms in total. The maximum atomic E-state index is 6.31. The predicted octanol–water partition coefficient (Wildman–Crippen LogP) is 2.72. The Bertz CT molecular complexity index is 563. The number of aryl methyl sites for hydroxylation is 2. The van der Waals surface area contributed by atoms with Crippen LogP contribution in [0.1, 0.15) is 36.8 Å². The molecule has 2 N–H and O–H groups in total. The molecule has 1 heterocycles. The molecule has 0 radical (unpaired) electrons.